The van der Waals surface area contributed by atoms with Crippen molar-refractivity contribution in [3.05, 3.63) is 51.6 Å². The molecular formula is C12H11NO2. The molecule has 2 aromatic rings. The summed E-state index contributed by atoms with van der Waals surface area (Å²) in [5, 5.41) is 12.6. The maximum atomic E-state index is 10.9. The van der Waals surface area contributed by atoms with Gasteiger partial charge in [0.25, 0.3) is 5.69 Å². The van der Waals surface area contributed by atoms with Gasteiger partial charge < -0.3 is 0 Å². The van der Waals surface area contributed by atoms with Gasteiger partial charge in [0, 0.05) is 6.07 Å². The van der Waals surface area contributed by atoms with Crippen LogP contribution in [0.5, 0.6) is 0 Å². The summed E-state index contributed by atoms with van der Waals surface area (Å²) in [6.07, 6.45) is 0. The predicted molar refractivity (Wildman–Crippen MR) is 60.1 cm³/mol. The fourth-order valence-electron chi connectivity index (χ4n) is 1.81. The van der Waals surface area contributed by atoms with Crippen molar-refractivity contribution >= 4 is 16.5 Å². The molecule has 0 atom stereocenters. The summed E-state index contributed by atoms with van der Waals surface area (Å²) in [5.74, 6) is 0. The first kappa shape index (κ1) is 9.65. The highest BCUT2D eigenvalue weighted by Crippen LogP contribution is 2.28. The molecule has 0 saturated carbocycles. The van der Waals surface area contributed by atoms with Gasteiger partial charge in [-0.25, -0.2) is 0 Å². The molecule has 2 aromatic carbocycles. The second kappa shape index (κ2) is 3.35. The van der Waals surface area contributed by atoms with E-state index in [1.807, 2.05) is 32.0 Å². The summed E-state index contributed by atoms with van der Waals surface area (Å²) in [7, 11) is 0. The van der Waals surface area contributed by atoms with Crippen molar-refractivity contribution in [1.82, 2.24) is 0 Å². The Morgan fingerprint density at radius 2 is 1.87 bits per heavy atom. The minimum Gasteiger partial charge on any atom is -0.258 e. The zero-order valence-corrected chi connectivity index (χ0v) is 8.65. The molecule has 0 spiro atoms. The van der Waals surface area contributed by atoms with Crippen molar-refractivity contribution in [2.75, 3.05) is 0 Å². The van der Waals surface area contributed by atoms with E-state index in [1.54, 1.807) is 12.1 Å². The first-order valence-corrected chi connectivity index (χ1v) is 4.74. The van der Waals surface area contributed by atoms with Gasteiger partial charge in [-0.3, -0.25) is 10.1 Å². The highest BCUT2D eigenvalue weighted by molar-refractivity contribution is 5.93. The van der Waals surface area contributed by atoms with Crippen molar-refractivity contribution < 1.29 is 4.92 Å². The van der Waals surface area contributed by atoms with E-state index in [4.69, 9.17) is 0 Å². The number of rotatable bonds is 1. The molecule has 0 amide bonds. The second-order valence-electron chi connectivity index (χ2n) is 3.71. The Balaban J connectivity index is 2.92. The van der Waals surface area contributed by atoms with Crippen LogP contribution < -0.4 is 0 Å². The minimum absolute atomic E-state index is 0.189. The Morgan fingerprint density at radius 1 is 1.13 bits per heavy atom. The lowest BCUT2D eigenvalue weighted by atomic mass is 10.0. The van der Waals surface area contributed by atoms with Crippen molar-refractivity contribution in [2.45, 2.75) is 13.8 Å². The van der Waals surface area contributed by atoms with E-state index in [9.17, 15) is 10.1 Å². The molecule has 15 heavy (non-hydrogen) atoms. The van der Waals surface area contributed by atoms with E-state index in [2.05, 4.69) is 0 Å². The van der Waals surface area contributed by atoms with Crippen LogP contribution in [0.4, 0.5) is 5.69 Å². The fraction of sp³-hybridized carbons (Fsp3) is 0.167. The van der Waals surface area contributed by atoms with Gasteiger partial charge in [-0.15, -0.1) is 0 Å². The fourth-order valence-corrected chi connectivity index (χ4v) is 1.81. The van der Waals surface area contributed by atoms with E-state index in [-0.39, 0.29) is 10.6 Å². The predicted octanol–water partition coefficient (Wildman–Crippen LogP) is 3.36. The topological polar surface area (TPSA) is 43.1 Å². The summed E-state index contributed by atoms with van der Waals surface area (Å²) < 4.78 is 0. The van der Waals surface area contributed by atoms with Gasteiger partial charge in [-0.05, 0) is 36.4 Å². The van der Waals surface area contributed by atoms with Crippen LogP contribution in [0.1, 0.15) is 11.1 Å². The first-order valence-electron chi connectivity index (χ1n) is 4.74. The molecular weight excluding hydrogens is 190 g/mol. The highest BCUT2D eigenvalue weighted by Gasteiger charge is 2.12. The molecule has 0 aliphatic carbocycles. The normalized spacial score (nSPS) is 10.5. The number of aryl methyl sites for hydroxylation is 2. The Kier molecular flexibility index (Phi) is 2.15. The number of nitro groups is 1. The lowest BCUT2D eigenvalue weighted by Gasteiger charge is -2.04. The van der Waals surface area contributed by atoms with Gasteiger partial charge in [0.2, 0.25) is 0 Å². The lowest BCUT2D eigenvalue weighted by Crippen LogP contribution is -1.91. The van der Waals surface area contributed by atoms with Gasteiger partial charge in [-0.2, -0.15) is 0 Å². The SMILES string of the molecule is Cc1cc([N+](=O)[O-])c2cccc(C)c2c1. The molecule has 0 bridgehead atoms. The number of fused-ring (bicyclic) bond motifs is 1. The van der Waals surface area contributed by atoms with Gasteiger partial charge in [0.05, 0.1) is 10.3 Å². The Hall–Kier alpha value is -1.90. The molecule has 0 aliphatic heterocycles. The van der Waals surface area contributed by atoms with Crippen molar-refractivity contribution in [2.24, 2.45) is 0 Å². The highest BCUT2D eigenvalue weighted by atomic mass is 16.6. The number of hydrogen-bond donors (Lipinski definition) is 0. The van der Waals surface area contributed by atoms with Crippen LogP contribution in [0.3, 0.4) is 0 Å². The van der Waals surface area contributed by atoms with E-state index < -0.39 is 0 Å². The summed E-state index contributed by atoms with van der Waals surface area (Å²) in [6.45, 7) is 3.84. The monoisotopic (exact) mass is 201 g/mol. The van der Waals surface area contributed by atoms with Crippen molar-refractivity contribution in [3.63, 3.8) is 0 Å². The molecule has 0 N–H and O–H groups in total. The summed E-state index contributed by atoms with van der Waals surface area (Å²) in [5.41, 5.74) is 2.18. The largest absolute Gasteiger partial charge is 0.277 e. The van der Waals surface area contributed by atoms with Crippen LogP contribution in [0.15, 0.2) is 30.3 Å². The molecule has 0 heterocycles. The molecule has 0 aromatic heterocycles. The van der Waals surface area contributed by atoms with E-state index in [0.29, 0.717) is 5.39 Å². The molecule has 3 heteroatoms. The van der Waals surface area contributed by atoms with Crippen LogP contribution in [-0.2, 0) is 0 Å². The van der Waals surface area contributed by atoms with Crippen LogP contribution >= 0.6 is 0 Å². The number of nitro benzene ring substituents is 1. The number of non-ortho nitro benzene ring substituents is 1. The number of nitrogens with zero attached hydrogens (tertiary/aromatic N) is 1. The maximum absolute atomic E-state index is 10.9. The summed E-state index contributed by atoms with van der Waals surface area (Å²) in [4.78, 5) is 10.6. The van der Waals surface area contributed by atoms with E-state index in [1.165, 1.54) is 0 Å². The molecule has 3 nitrogen and oxygen atoms in total. The van der Waals surface area contributed by atoms with Crippen LogP contribution in [0, 0.1) is 24.0 Å². The first-order chi connectivity index (χ1) is 7.09. The molecule has 0 fully saturated rings. The quantitative estimate of drug-likeness (QED) is 0.524. The van der Waals surface area contributed by atoms with E-state index >= 15 is 0 Å². The van der Waals surface area contributed by atoms with Crippen LogP contribution in [0.25, 0.3) is 10.8 Å². The van der Waals surface area contributed by atoms with E-state index in [0.717, 1.165) is 16.5 Å². The van der Waals surface area contributed by atoms with Gasteiger partial charge in [0.15, 0.2) is 0 Å². The van der Waals surface area contributed by atoms with Crippen molar-refractivity contribution in [1.29, 1.82) is 0 Å². The average Bonchev–Trinajstić information content (AvgIpc) is 2.18. The number of hydrogen-bond acceptors (Lipinski definition) is 2. The smallest absolute Gasteiger partial charge is 0.258 e. The average molecular weight is 201 g/mol. The van der Waals surface area contributed by atoms with Gasteiger partial charge in [-0.1, -0.05) is 18.2 Å². The zero-order chi connectivity index (χ0) is 11.0. The second-order valence-corrected chi connectivity index (χ2v) is 3.71. The Bertz CT molecular complexity index is 547. The maximum Gasteiger partial charge on any atom is 0.277 e. The summed E-state index contributed by atoms with van der Waals surface area (Å²) in [6, 6.07) is 9.20. The third kappa shape index (κ3) is 1.56. The third-order valence-corrected chi connectivity index (χ3v) is 2.53. The minimum atomic E-state index is -0.325. The lowest BCUT2D eigenvalue weighted by molar-refractivity contribution is -0.383. The summed E-state index contributed by atoms with van der Waals surface area (Å²) >= 11 is 0. The Labute approximate surface area is 87.5 Å². The van der Waals surface area contributed by atoms with Crippen LogP contribution in [-0.4, -0.2) is 4.92 Å². The number of benzene rings is 2. The molecule has 0 radical (unpaired) electrons. The standard InChI is InChI=1S/C12H11NO2/c1-8-6-11-9(2)4-3-5-10(11)12(7-8)13(14)15/h3-7H,1-2H3. The molecule has 0 saturated heterocycles. The third-order valence-electron chi connectivity index (χ3n) is 2.53. The van der Waals surface area contributed by atoms with Gasteiger partial charge >= 0.3 is 0 Å². The van der Waals surface area contributed by atoms with Crippen molar-refractivity contribution in [3.8, 4) is 0 Å². The zero-order valence-electron chi connectivity index (χ0n) is 8.65. The molecule has 76 valence electrons. The Morgan fingerprint density at radius 3 is 2.53 bits per heavy atom. The van der Waals surface area contributed by atoms with Crippen LogP contribution in [0.2, 0.25) is 0 Å². The molecule has 0 aliphatic rings. The molecule has 2 rings (SSSR count). The molecule has 0 unspecified atom stereocenters. The van der Waals surface area contributed by atoms with Gasteiger partial charge in [0.1, 0.15) is 0 Å².